The quantitative estimate of drug-likeness (QED) is 0.169. The van der Waals surface area contributed by atoms with Crippen LogP contribution in [-0.2, 0) is 5.41 Å². The molecule has 8 aromatic carbocycles. The molecule has 58 heavy (non-hydrogen) atoms. The van der Waals surface area contributed by atoms with Crippen LogP contribution in [0.15, 0.2) is 194 Å². The van der Waals surface area contributed by atoms with Crippen LogP contribution in [0.2, 0.25) is 0 Å². The number of hydrogen-bond donors (Lipinski definition) is 0. The molecule has 0 aliphatic heterocycles. The highest BCUT2D eigenvalue weighted by Gasteiger charge is 2.36. The highest BCUT2D eigenvalue weighted by molar-refractivity contribution is 7.25. The van der Waals surface area contributed by atoms with Crippen LogP contribution in [0.5, 0.6) is 0 Å². The Labute approximate surface area is 342 Å². The normalized spacial score (nSPS) is 12.8. The number of nitrogens with zero attached hydrogens (tertiary/aromatic N) is 2. The first kappa shape index (κ1) is 34.3. The van der Waals surface area contributed by atoms with Crippen molar-refractivity contribution < 1.29 is 0 Å². The van der Waals surface area contributed by atoms with Crippen molar-refractivity contribution in [1.82, 2.24) is 9.97 Å². The van der Waals surface area contributed by atoms with Crippen LogP contribution in [0.3, 0.4) is 0 Å². The third-order valence-electron chi connectivity index (χ3n) is 11.9. The van der Waals surface area contributed by atoms with E-state index >= 15 is 0 Å². The second kappa shape index (κ2) is 13.6. The van der Waals surface area contributed by atoms with Gasteiger partial charge in [-0.3, -0.25) is 0 Å². The van der Waals surface area contributed by atoms with Crippen molar-refractivity contribution in [2.75, 3.05) is 0 Å². The smallest absolute Gasteiger partial charge is 0.160 e. The van der Waals surface area contributed by atoms with Gasteiger partial charge >= 0.3 is 0 Å². The number of aromatic nitrogens is 2. The number of rotatable bonds is 6. The molecule has 1 aliphatic carbocycles. The molecule has 10 aromatic rings. The zero-order valence-corrected chi connectivity index (χ0v) is 33.1. The molecule has 0 saturated heterocycles. The highest BCUT2D eigenvalue weighted by Crippen LogP contribution is 2.52. The molecule has 0 radical (unpaired) electrons. The van der Waals surface area contributed by atoms with Crippen molar-refractivity contribution in [2.24, 2.45) is 0 Å². The van der Waals surface area contributed by atoms with Gasteiger partial charge in [-0.05, 0) is 98.1 Å². The molecule has 3 heteroatoms. The largest absolute Gasteiger partial charge is 0.228 e. The van der Waals surface area contributed by atoms with Gasteiger partial charge < -0.3 is 0 Å². The molecule has 0 N–H and O–H groups in total. The van der Waals surface area contributed by atoms with Gasteiger partial charge in [-0.2, -0.15) is 0 Å². The lowest BCUT2D eigenvalue weighted by molar-refractivity contribution is 0.660. The Kier molecular flexibility index (Phi) is 8.06. The Bertz CT molecular complexity index is 3190. The fraction of sp³-hybridized carbons (Fsp3) is 0.0545. The van der Waals surface area contributed by atoms with Gasteiger partial charge in [0.2, 0.25) is 0 Å². The Morgan fingerprint density at radius 1 is 0.362 bits per heavy atom. The van der Waals surface area contributed by atoms with Gasteiger partial charge in [0.05, 0.1) is 11.4 Å². The number of hydrogen-bond acceptors (Lipinski definition) is 3. The molecule has 274 valence electrons. The molecular weight excluding hydrogens is 721 g/mol. The van der Waals surface area contributed by atoms with E-state index in [2.05, 4.69) is 202 Å². The van der Waals surface area contributed by atoms with E-state index < -0.39 is 0 Å². The zero-order chi connectivity index (χ0) is 38.8. The maximum absolute atomic E-state index is 5.31. The van der Waals surface area contributed by atoms with E-state index in [-0.39, 0.29) is 5.41 Å². The lowest BCUT2D eigenvalue weighted by atomic mass is 9.82. The van der Waals surface area contributed by atoms with E-state index in [9.17, 15) is 0 Å². The molecule has 0 bridgehead atoms. The average molecular weight is 759 g/mol. The molecule has 0 atom stereocenters. The molecule has 1 aliphatic rings. The van der Waals surface area contributed by atoms with Crippen LogP contribution >= 0.6 is 11.3 Å². The summed E-state index contributed by atoms with van der Waals surface area (Å²) < 4.78 is 2.60. The van der Waals surface area contributed by atoms with E-state index in [0.29, 0.717) is 5.82 Å². The first-order chi connectivity index (χ1) is 28.5. The van der Waals surface area contributed by atoms with Crippen LogP contribution in [0.25, 0.3) is 98.6 Å². The van der Waals surface area contributed by atoms with Gasteiger partial charge in [-0.25, -0.2) is 9.97 Å². The van der Waals surface area contributed by atoms with Gasteiger partial charge in [-0.15, -0.1) is 11.3 Å². The lowest BCUT2D eigenvalue weighted by Crippen LogP contribution is -2.14. The second-order valence-corrected chi connectivity index (χ2v) is 16.9. The molecule has 2 heterocycles. The van der Waals surface area contributed by atoms with Crippen LogP contribution in [0, 0.1) is 0 Å². The topological polar surface area (TPSA) is 25.8 Å². The highest BCUT2D eigenvalue weighted by atomic mass is 32.1. The number of thiophene rings is 1. The van der Waals surface area contributed by atoms with Crippen LogP contribution < -0.4 is 0 Å². The molecule has 0 fully saturated rings. The summed E-state index contributed by atoms with van der Waals surface area (Å²) in [6.45, 7) is 4.68. The zero-order valence-electron chi connectivity index (χ0n) is 32.3. The summed E-state index contributed by atoms with van der Waals surface area (Å²) in [5, 5.41) is 2.61. The molecule has 0 amide bonds. The maximum Gasteiger partial charge on any atom is 0.160 e. The summed E-state index contributed by atoms with van der Waals surface area (Å²) in [5.74, 6) is 0.702. The molecular formula is C55H38N2S. The van der Waals surface area contributed by atoms with Gasteiger partial charge in [0.15, 0.2) is 5.82 Å². The van der Waals surface area contributed by atoms with Gasteiger partial charge in [-0.1, -0.05) is 166 Å². The molecule has 0 spiro atoms. The molecule has 2 nitrogen and oxygen atoms in total. The van der Waals surface area contributed by atoms with Crippen molar-refractivity contribution in [1.29, 1.82) is 0 Å². The van der Waals surface area contributed by atoms with Gasteiger partial charge in [0.25, 0.3) is 0 Å². The van der Waals surface area contributed by atoms with E-state index in [1.165, 1.54) is 64.7 Å². The SMILES string of the molecule is CC1(C)c2ccccc2-c2c(-c3cccc(-c4cc(-c5cc(-c6ccccc6)cc(-c6ccc7c(c6)sc6ccccc67)c5)nc(-c5ccccc5)n4)c3)cccc21. The van der Waals surface area contributed by atoms with Crippen molar-refractivity contribution >= 4 is 31.5 Å². The van der Waals surface area contributed by atoms with E-state index in [0.717, 1.165) is 39.2 Å². The van der Waals surface area contributed by atoms with Crippen LogP contribution in [0.4, 0.5) is 0 Å². The first-order valence-corrected chi connectivity index (χ1v) is 20.7. The Morgan fingerprint density at radius 3 is 1.76 bits per heavy atom. The lowest BCUT2D eigenvalue weighted by Gasteiger charge is -2.21. The number of fused-ring (bicyclic) bond motifs is 6. The maximum atomic E-state index is 5.31. The minimum absolute atomic E-state index is 0.0670. The van der Waals surface area contributed by atoms with E-state index in [4.69, 9.17) is 9.97 Å². The molecule has 0 unspecified atom stereocenters. The first-order valence-electron chi connectivity index (χ1n) is 19.9. The standard InChI is InChI=1S/C55H38N2S/c1-55(2)47-24-11-9-22-46(47)53-43(23-14-25-48(53)55)38-19-13-20-39(29-38)49-34-50(57-54(56-49)36-17-7-4-8-18-36)42-31-40(35-15-5-3-6-16-35)30-41(32-42)37-27-28-45-44-21-10-12-26-51(44)58-52(45)33-37/h3-34H,1-2H3. The third-order valence-corrected chi connectivity index (χ3v) is 13.0. The molecule has 11 rings (SSSR count). The Morgan fingerprint density at radius 2 is 0.931 bits per heavy atom. The van der Waals surface area contributed by atoms with Gasteiger partial charge in [0.1, 0.15) is 0 Å². The molecule has 2 aromatic heterocycles. The third kappa shape index (κ3) is 5.78. The summed E-state index contributed by atoms with van der Waals surface area (Å²) in [6.07, 6.45) is 0. The minimum Gasteiger partial charge on any atom is -0.228 e. The second-order valence-electron chi connectivity index (χ2n) is 15.8. The average Bonchev–Trinajstić information content (AvgIpc) is 3.78. The summed E-state index contributed by atoms with van der Waals surface area (Å²) in [5.41, 5.74) is 17.2. The predicted octanol–water partition coefficient (Wildman–Crippen LogP) is 15.2. The van der Waals surface area contributed by atoms with Crippen molar-refractivity contribution in [3.8, 4) is 78.4 Å². The van der Waals surface area contributed by atoms with E-state index in [1.54, 1.807) is 0 Å². The van der Waals surface area contributed by atoms with Crippen LogP contribution in [-0.4, -0.2) is 9.97 Å². The fourth-order valence-electron chi connectivity index (χ4n) is 8.95. The van der Waals surface area contributed by atoms with Gasteiger partial charge in [0, 0.05) is 42.3 Å². The van der Waals surface area contributed by atoms with Crippen LogP contribution in [0.1, 0.15) is 25.0 Å². The Balaban J connectivity index is 1.09. The summed E-state index contributed by atoms with van der Waals surface area (Å²) in [6, 6.07) is 70.2. The Hall–Kier alpha value is -6.94. The van der Waals surface area contributed by atoms with E-state index in [1.807, 2.05) is 17.4 Å². The summed E-state index contributed by atoms with van der Waals surface area (Å²) >= 11 is 1.85. The summed E-state index contributed by atoms with van der Waals surface area (Å²) in [4.78, 5) is 10.6. The summed E-state index contributed by atoms with van der Waals surface area (Å²) in [7, 11) is 0. The predicted molar refractivity (Wildman–Crippen MR) is 245 cm³/mol. The fourth-order valence-corrected chi connectivity index (χ4v) is 10.1. The monoisotopic (exact) mass is 758 g/mol. The van der Waals surface area contributed by atoms with Crippen molar-refractivity contribution in [3.05, 3.63) is 205 Å². The molecule has 0 saturated carbocycles. The van der Waals surface area contributed by atoms with Crippen molar-refractivity contribution in [3.63, 3.8) is 0 Å². The minimum atomic E-state index is -0.0670. The van der Waals surface area contributed by atoms with Crippen molar-refractivity contribution in [2.45, 2.75) is 19.3 Å². The number of benzene rings is 8.